The highest BCUT2D eigenvalue weighted by Crippen LogP contribution is 2.25. The first-order chi connectivity index (χ1) is 3.98. The van der Waals surface area contributed by atoms with Crippen molar-refractivity contribution in [2.75, 3.05) is 0 Å². The van der Waals surface area contributed by atoms with E-state index in [0.717, 1.165) is 0 Å². The van der Waals surface area contributed by atoms with Crippen LogP contribution in [-0.2, 0) is 0 Å². The molecular formula is C5H8F4. The lowest BCUT2D eigenvalue weighted by Gasteiger charge is -2.09. The number of hydrogen-bond donors (Lipinski definition) is 0. The lowest BCUT2D eigenvalue weighted by Crippen LogP contribution is -2.23. The topological polar surface area (TPSA) is 0 Å². The van der Waals surface area contributed by atoms with Crippen LogP contribution in [0.1, 0.15) is 19.8 Å². The normalized spacial score (nSPS) is 15.7. The summed E-state index contributed by atoms with van der Waals surface area (Å²) in [5.74, 6) is 0. The first-order valence-electron chi connectivity index (χ1n) is 2.69. The monoisotopic (exact) mass is 144 g/mol. The minimum absolute atomic E-state index is 0.223. The van der Waals surface area contributed by atoms with Crippen molar-refractivity contribution in [2.45, 2.75) is 32.1 Å². The molecule has 0 rings (SSSR count). The maximum Gasteiger partial charge on any atom is 0.419 e. The van der Waals surface area contributed by atoms with Crippen LogP contribution < -0.4 is 0 Å². The Bertz CT molecular complexity index is 75.5. The van der Waals surface area contributed by atoms with Gasteiger partial charge in [0.1, 0.15) is 0 Å². The average molecular weight is 144 g/mol. The zero-order chi connectivity index (χ0) is 7.49. The van der Waals surface area contributed by atoms with Crippen molar-refractivity contribution >= 4 is 0 Å². The maximum atomic E-state index is 11.8. The predicted octanol–water partition coefficient (Wildman–Crippen LogP) is 2.69. The van der Waals surface area contributed by atoms with Crippen molar-refractivity contribution in [1.82, 2.24) is 0 Å². The Morgan fingerprint density at radius 3 is 1.89 bits per heavy atom. The first kappa shape index (κ1) is 8.72. The van der Waals surface area contributed by atoms with E-state index in [1.54, 1.807) is 0 Å². The molecule has 0 heterocycles. The molecule has 0 aliphatic rings. The minimum atomic E-state index is -4.66. The van der Waals surface area contributed by atoms with Gasteiger partial charge in [0.25, 0.3) is 0 Å². The summed E-state index contributed by atoms with van der Waals surface area (Å²) in [7, 11) is 0. The van der Waals surface area contributed by atoms with Crippen molar-refractivity contribution in [3.63, 3.8) is 0 Å². The highest BCUT2D eigenvalue weighted by atomic mass is 19.4. The van der Waals surface area contributed by atoms with Gasteiger partial charge in [0.2, 0.25) is 0 Å². The summed E-state index contributed by atoms with van der Waals surface area (Å²) in [5.41, 5.74) is 0. The van der Waals surface area contributed by atoms with E-state index in [-0.39, 0.29) is 6.42 Å². The van der Waals surface area contributed by atoms with Crippen molar-refractivity contribution < 1.29 is 17.6 Å². The number of alkyl halides is 4. The molecule has 0 aliphatic heterocycles. The van der Waals surface area contributed by atoms with Crippen molar-refractivity contribution in [2.24, 2.45) is 0 Å². The molecule has 0 aliphatic carbocycles. The third-order valence-electron chi connectivity index (χ3n) is 0.897. The standard InChI is InChI=1S/C5H8F4/c1-2-3-4(6)5(7,8)9/h4H,2-3H2,1H3. The third-order valence-corrected chi connectivity index (χ3v) is 0.897. The van der Waals surface area contributed by atoms with Crippen molar-refractivity contribution in [3.05, 3.63) is 0 Å². The van der Waals surface area contributed by atoms with Gasteiger partial charge in [-0.2, -0.15) is 13.2 Å². The zero-order valence-corrected chi connectivity index (χ0v) is 5.00. The summed E-state index contributed by atoms with van der Waals surface area (Å²) >= 11 is 0. The van der Waals surface area contributed by atoms with E-state index in [4.69, 9.17) is 0 Å². The predicted molar refractivity (Wildman–Crippen MR) is 25.9 cm³/mol. The lowest BCUT2D eigenvalue weighted by molar-refractivity contribution is -0.181. The van der Waals surface area contributed by atoms with Gasteiger partial charge in [-0.1, -0.05) is 13.3 Å². The molecule has 0 amide bonds. The average Bonchev–Trinajstić information content (AvgIpc) is 1.64. The molecule has 0 fully saturated rings. The van der Waals surface area contributed by atoms with Crippen molar-refractivity contribution in [3.8, 4) is 0 Å². The summed E-state index contributed by atoms with van der Waals surface area (Å²) in [4.78, 5) is 0. The van der Waals surface area contributed by atoms with Crippen LogP contribution >= 0.6 is 0 Å². The molecule has 0 aromatic rings. The second kappa shape index (κ2) is 3.03. The van der Waals surface area contributed by atoms with Gasteiger partial charge in [0, 0.05) is 0 Å². The highest BCUT2D eigenvalue weighted by molar-refractivity contribution is 4.63. The summed E-state index contributed by atoms with van der Waals surface area (Å²) in [5, 5.41) is 0. The van der Waals surface area contributed by atoms with E-state index >= 15 is 0 Å². The van der Waals surface area contributed by atoms with Crippen LogP contribution in [0.4, 0.5) is 17.6 Å². The highest BCUT2D eigenvalue weighted by Gasteiger charge is 2.38. The van der Waals surface area contributed by atoms with E-state index in [1.807, 2.05) is 0 Å². The Balaban J connectivity index is 3.59. The van der Waals surface area contributed by atoms with E-state index in [0.29, 0.717) is 0 Å². The summed E-state index contributed by atoms with van der Waals surface area (Å²) in [6.45, 7) is 1.51. The van der Waals surface area contributed by atoms with Gasteiger partial charge in [-0.05, 0) is 6.42 Å². The van der Waals surface area contributed by atoms with Crippen LogP contribution in [0.25, 0.3) is 0 Å². The second-order valence-electron chi connectivity index (χ2n) is 1.80. The molecule has 0 saturated heterocycles. The fourth-order valence-electron chi connectivity index (χ4n) is 0.417. The third kappa shape index (κ3) is 3.32. The molecule has 0 nitrogen and oxygen atoms in total. The molecule has 1 atom stereocenters. The molecular weight excluding hydrogens is 136 g/mol. The van der Waals surface area contributed by atoms with Crippen LogP contribution in [0.15, 0.2) is 0 Å². The number of halogens is 4. The lowest BCUT2D eigenvalue weighted by atomic mass is 10.2. The zero-order valence-electron chi connectivity index (χ0n) is 5.00. The smallest absolute Gasteiger partial charge is 0.237 e. The van der Waals surface area contributed by atoms with E-state index in [2.05, 4.69) is 0 Å². The Morgan fingerprint density at radius 1 is 1.33 bits per heavy atom. The molecule has 0 saturated carbocycles. The Labute approximate surface area is 50.9 Å². The number of rotatable bonds is 2. The Morgan fingerprint density at radius 2 is 1.78 bits per heavy atom. The van der Waals surface area contributed by atoms with Gasteiger partial charge in [-0.3, -0.25) is 0 Å². The van der Waals surface area contributed by atoms with Crippen LogP contribution in [0, 0.1) is 0 Å². The van der Waals surface area contributed by atoms with E-state index in [1.165, 1.54) is 6.92 Å². The van der Waals surface area contributed by atoms with Gasteiger partial charge in [-0.25, -0.2) is 4.39 Å². The molecule has 0 radical (unpaired) electrons. The molecule has 0 bridgehead atoms. The first-order valence-corrected chi connectivity index (χ1v) is 2.69. The van der Waals surface area contributed by atoms with Crippen LogP contribution in [-0.4, -0.2) is 12.3 Å². The van der Waals surface area contributed by atoms with Gasteiger partial charge in [-0.15, -0.1) is 0 Å². The quantitative estimate of drug-likeness (QED) is 0.522. The van der Waals surface area contributed by atoms with Crippen molar-refractivity contribution in [1.29, 1.82) is 0 Å². The van der Waals surface area contributed by atoms with Gasteiger partial charge >= 0.3 is 6.18 Å². The van der Waals surface area contributed by atoms with Gasteiger partial charge in [0.15, 0.2) is 6.17 Å². The van der Waals surface area contributed by atoms with Crippen LogP contribution in [0.2, 0.25) is 0 Å². The van der Waals surface area contributed by atoms with Crippen LogP contribution in [0.3, 0.4) is 0 Å². The molecule has 0 aromatic heterocycles. The maximum absolute atomic E-state index is 11.8. The second-order valence-corrected chi connectivity index (χ2v) is 1.80. The molecule has 9 heavy (non-hydrogen) atoms. The minimum Gasteiger partial charge on any atom is -0.237 e. The van der Waals surface area contributed by atoms with Gasteiger partial charge in [0.05, 0.1) is 0 Å². The van der Waals surface area contributed by atoms with Gasteiger partial charge < -0.3 is 0 Å². The molecule has 1 unspecified atom stereocenters. The molecule has 56 valence electrons. The molecule has 0 spiro atoms. The largest absolute Gasteiger partial charge is 0.419 e. The summed E-state index contributed by atoms with van der Waals surface area (Å²) < 4.78 is 45.6. The van der Waals surface area contributed by atoms with E-state index < -0.39 is 18.8 Å². The summed E-state index contributed by atoms with van der Waals surface area (Å²) in [6.07, 6.45) is -7.50. The molecule has 0 N–H and O–H groups in total. The Hall–Kier alpha value is -0.280. The van der Waals surface area contributed by atoms with E-state index in [9.17, 15) is 17.6 Å². The molecule has 4 heteroatoms. The summed E-state index contributed by atoms with van der Waals surface area (Å²) in [6, 6.07) is 0. The molecule has 0 aromatic carbocycles. The fourth-order valence-corrected chi connectivity index (χ4v) is 0.417. The SMILES string of the molecule is CCCC(F)C(F)(F)F. The Kier molecular flexibility index (Phi) is 2.94. The fraction of sp³-hybridized carbons (Fsp3) is 1.00. The number of hydrogen-bond acceptors (Lipinski definition) is 0. The van der Waals surface area contributed by atoms with Crippen LogP contribution in [0.5, 0.6) is 0 Å².